The predicted molar refractivity (Wildman–Crippen MR) is 90.7 cm³/mol. The predicted octanol–water partition coefficient (Wildman–Crippen LogP) is 3.63. The van der Waals surface area contributed by atoms with E-state index in [2.05, 4.69) is 4.99 Å². The van der Waals surface area contributed by atoms with Gasteiger partial charge in [0.15, 0.2) is 5.78 Å². The number of esters is 1. The smallest absolute Gasteiger partial charge is 0.316 e. The van der Waals surface area contributed by atoms with Crippen molar-refractivity contribution in [1.82, 2.24) is 0 Å². The van der Waals surface area contributed by atoms with Gasteiger partial charge in [-0.2, -0.15) is 0 Å². The SMILES string of the molecule is CCCC(=O)C1=C(O)C(C(=O)OC)C(C)(C)CC1=NC(C)(C)C. The molecule has 0 aromatic heterocycles. The monoisotopic (exact) mass is 323 g/mol. The second-order valence-electron chi connectivity index (χ2n) is 7.78. The van der Waals surface area contributed by atoms with E-state index in [9.17, 15) is 14.7 Å². The van der Waals surface area contributed by atoms with Gasteiger partial charge in [0.1, 0.15) is 11.7 Å². The summed E-state index contributed by atoms with van der Waals surface area (Å²) in [6.45, 7) is 11.5. The van der Waals surface area contributed by atoms with Crippen LogP contribution in [0.5, 0.6) is 0 Å². The van der Waals surface area contributed by atoms with E-state index in [1.165, 1.54) is 7.11 Å². The van der Waals surface area contributed by atoms with Gasteiger partial charge < -0.3 is 9.84 Å². The molecule has 0 saturated heterocycles. The zero-order chi connectivity index (χ0) is 18.0. The van der Waals surface area contributed by atoms with E-state index in [0.717, 1.165) is 0 Å². The van der Waals surface area contributed by atoms with Crippen molar-refractivity contribution in [3.63, 3.8) is 0 Å². The topological polar surface area (TPSA) is 76.0 Å². The summed E-state index contributed by atoms with van der Waals surface area (Å²) in [5, 5.41) is 10.7. The lowest BCUT2D eigenvalue weighted by molar-refractivity contribution is -0.149. The van der Waals surface area contributed by atoms with Crippen LogP contribution in [0, 0.1) is 11.3 Å². The van der Waals surface area contributed by atoms with Crippen molar-refractivity contribution in [2.24, 2.45) is 16.3 Å². The molecule has 0 aromatic carbocycles. The molecule has 0 aliphatic heterocycles. The minimum atomic E-state index is -0.845. The van der Waals surface area contributed by atoms with Crippen LogP contribution in [-0.4, -0.2) is 35.2 Å². The largest absolute Gasteiger partial charge is 0.511 e. The molecule has 1 rings (SSSR count). The molecule has 5 nitrogen and oxygen atoms in total. The first-order chi connectivity index (χ1) is 10.4. The Hall–Kier alpha value is -1.65. The number of nitrogens with zero attached hydrogens (tertiary/aromatic N) is 1. The molecular weight excluding hydrogens is 294 g/mol. The zero-order valence-corrected chi connectivity index (χ0v) is 15.3. The van der Waals surface area contributed by atoms with E-state index in [1.807, 2.05) is 41.5 Å². The van der Waals surface area contributed by atoms with Crippen LogP contribution in [0.1, 0.15) is 60.8 Å². The van der Waals surface area contributed by atoms with Crippen LogP contribution in [0.2, 0.25) is 0 Å². The van der Waals surface area contributed by atoms with Crippen LogP contribution in [0.15, 0.2) is 16.3 Å². The van der Waals surface area contributed by atoms with E-state index in [4.69, 9.17) is 4.74 Å². The maximum atomic E-state index is 12.5. The molecule has 130 valence electrons. The highest BCUT2D eigenvalue weighted by Gasteiger charge is 2.47. The van der Waals surface area contributed by atoms with Gasteiger partial charge >= 0.3 is 5.97 Å². The Morgan fingerprint density at radius 3 is 2.35 bits per heavy atom. The van der Waals surface area contributed by atoms with Crippen LogP contribution in [-0.2, 0) is 14.3 Å². The van der Waals surface area contributed by atoms with E-state index in [0.29, 0.717) is 25.0 Å². The third-order valence-electron chi connectivity index (χ3n) is 3.89. The molecule has 1 unspecified atom stereocenters. The van der Waals surface area contributed by atoms with Crippen molar-refractivity contribution < 1.29 is 19.4 Å². The summed E-state index contributed by atoms with van der Waals surface area (Å²) in [6.07, 6.45) is 1.43. The van der Waals surface area contributed by atoms with Crippen LogP contribution < -0.4 is 0 Å². The summed E-state index contributed by atoms with van der Waals surface area (Å²) >= 11 is 0. The molecule has 0 spiro atoms. The molecule has 1 atom stereocenters. The van der Waals surface area contributed by atoms with Crippen LogP contribution in [0.25, 0.3) is 0 Å². The molecule has 5 heteroatoms. The van der Waals surface area contributed by atoms with Gasteiger partial charge in [0.2, 0.25) is 0 Å². The number of aliphatic hydroxyl groups excluding tert-OH is 1. The Kier molecular flexibility index (Phi) is 5.78. The Labute approximate surface area is 138 Å². The summed E-state index contributed by atoms with van der Waals surface area (Å²) in [5.41, 5.74) is -0.159. The van der Waals surface area contributed by atoms with Crippen LogP contribution >= 0.6 is 0 Å². The maximum absolute atomic E-state index is 12.5. The number of rotatable bonds is 4. The van der Waals surface area contributed by atoms with Gasteiger partial charge in [-0.3, -0.25) is 14.6 Å². The first kappa shape index (κ1) is 19.4. The molecule has 0 radical (unpaired) electrons. The molecule has 23 heavy (non-hydrogen) atoms. The third-order valence-corrected chi connectivity index (χ3v) is 3.89. The lowest BCUT2D eigenvalue weighted by Crippen LogP contribution is -2.42. The number of hydrogen-bond donors (Lipinski definition) is 1. The molecule has 0 bridgehead atoms. The van der Waals surface area contributed by atoms with Crippen molar-refractivity contribution in [3.8, 4) is 0 Å². The molecule has 0 heterocycles. The minimum absolute atomic E-state index is 0.169. The number of aliphatic imine (C=N–C) groups is 1. The van der Waals surface area contributed by atoms with Gasteiger partial charge in [-0.15, -0.1) is 0 Å². The Morgan fingerprint density at radius 2 is 1.91 bits per heavy atom. The summed E-state index contributed by atoms with van der Waals surface area (Å²) < 4.78 is 4.84. The highest BCUT2D eigenvalue weighted by atomic mass is 16.5. The van der Waals surface area contributed by atoms with Gasteiger partial charge in [0.05, 0.1) is 23.9 Å². The molecule has 1 aliphatic rings. The van der Waals surface area contributed by atoms with Crippen molar-refractivity contribution in [2.45, 2.75) is 66.3 Å². The summed E-state index contributed by atoms with van der Waals surface area (Å²) in [7, 11) is 1.29. The van der Waals surface area contributed by atoms with Gasteiger partial charge in [-0.05, 0) is 39.0 Å². The van der Waals surface area contributed by atoms with Crippen LogP contribution in [0.3, 0.4) is 0 Å². The summed E-state index contributed by atoms with van der Waals surface area (Å²) in [6, 6.07) is 0. The second-order valence-corrected chi connectivity index (χ2v) is 7.78. The van der Waals surface area contributed by atoms with Crippen molar-refractivity contribution >= 4 is 17.5 Å². The van der Waals surface area contributed by atoms with Crippen molar-refractivity contribution in [3.05, 3.63) is 11.3 Å². The standard InChI is InChI=1S/C18H29NO4/c1-8-9-12(20)13-11(19-17(2,3)4)10-18(5,6)14(15(13)21)16(22)23-7/h14,21H,8-10H2,1-7H3. The van der Waals surface area contributed by atoms with E-state index in [-0.39, 0.29) is 22.7 Å². The lowest BCUT2D eigenvalue weighted by Gasteiger charge is -2.38. The molecule has 1 aliphatic carbocycles. The van der Waals surface area contributed by atoms with Crippen molar-refractivity contribution in [1.29, 1.82) is 0 Å². The van der Waals surface area contributed by atoms with Crippen molar-refractivity contribution in [2.75, 3.05) is 7.11 Å². The van der Waals surface area contributed by atoms with Gasteiger partial charge in [0.25, 0.3) is 0 Å². The Bertz CT molecular complexity index is 550. The average Bonchev–Trinajstić information content (AvgIpc) is 2.35. The molecule has 0 saturated carbocycles. The number of Topliss-reactive ketones (excluding diaryl/α,β-unsaturated/α-hetero) is 1. The molecule has 0 aromatic rings. The number of aliphatic hydroxyl groups is 1. The average molecular weight is 323 g/mol. The zero-order valence-electron chi connectivity index (χ0n) is 15.3. The molecule has 0 fully saturated rings. The fraction of sp³-hybridized carbons (Fsp3) is 0.722. The minimum Gasteiger partial charge on any atom is -0.511 e. The quantitative estimate of drug-likeness (QED) is 0.802. The Balaban J connectivity index is 3.56. The first-order valence-electron chi connectivity index (χ1n) is 8.08. The van der Waals surface area contributed by atoms with Gasteiger partial charge in [-0.25, -0.2) is 0 Å². The van der Waals surface area contributed by atoms with E-state index in [1.54, 1.807) is 0 Å². The fourth-order valence-electron chi connectivity index (χ4n) is 2.99. The number of allylic oxidation sites excluding steroid dienone is 1. The van der Waals surface area contributed by atoms with E-state index >= 15 is 0 Å². The fourth-order valence-corrected chi connectivity index (χ4v) is 2.99. The van der Waals surface area contributed by atoms with Crippen LogP contribution in [0.4, 0.5) is 0 Å². The summed E-state index contributed by atoms with van der Waals surface area (Å²) in [4.78, 5) is 29.3. The highest BCUT2D eigenvalue weighted by Crippen LogP contribution is 2.43. The first-order valence-corrected chi connectivity index (χ1v) is 8.08. The number of carbonyl (C=O) groups excluding carboxylic acids is 2. The second kappa shape index (κ2) is 6.85. The number of ketones is 1. The molecular formula is C18H29NO4. The number of ether oxygens (including phenoxy) is 1. The maximum Gasteiger partial charge on any atom is 0.316 e. The molecule has 1 N–H and O–H groups in total. The normalized spacial score (nSPS) is 23.1. The molecule has 0 amide bonds. The highest BCUT2D eigenvalue weighted by molar-refractivity contribution is 6.24. The third kappa shape index (κ3) is 4.43. The van der Waals surface area contributed by atoms with Gasteiger partial charge in [0, 0.05) is 6.42 Å². The van der Waals surface area contributed by atoms with E-state index < -0.39 is 17.3 Å². The van der Waals surface area contributed by atoms with Gasteiger partial charge in [-0.1, -0.05) is 20.8 Å². The number of carbonyl (C=O) groups is 2. The lowest BCUT2D eigenvalue weighted by atomic mass is 9.67. The Morgan fingerprint density at radius 1 is 1.35 bits per heavy atom. The number of hydrogen-bond acceptors (Lipinski definition) is 5. The number of methoxy groups -OCH3 is 1. The summed E-state index contributed by atoms with van der Waals surface area (Å²) in [5.74, 6) is -1.74.